The number of aryl methyl sites for hydroxylation is 1. The Kier molecular flexibility index (Phi) is 12.2. The lowest BCUT2D eigenvalue weighted by Gasteiger charge is -2.38. The minimum absolute atomic E-state index is 0.172. The molecule has 0 spiro atoms. The van der Waals surface area contributed by atoms with Crippen molar-refractivity contribution < 1.29 is 28.3 Å². The van der Waals surface area contributed by atoms with Crippen LogP contribution in [-0.4, -0.2) is 77.0 Å². The molecule has 0 saturated carbocycles. The summed E-state index contributed by atoms with van der Waals surface area (Å²) in [6.45, 7) is 7.78. The van der Waals surface area contributed by atoms with Crippen LogP contribution in [0.2, 0.25) is 0 Å². The van der Waals surface area contributed by atoms with Gasteiger partial charge in [0.1, 0.15) is 17.7 Å². The van der Waals surface area contributed by atoms with E-state index in [1.165, 1.54) is 6.07 Å². The molecule has 0 bridgehead atoms. The van der Waals surface area contributed by atoms with Gasteiger partial charge in [0.05, 0.1) is 23.8 Å². The largest absolute Gasteiger partial charge is 0.389 e. The summed E-state index contributed by atoms with van der Waals surface area (Å²) in [7, 11) is 0. The predicted molar refractivity (Wildman–Crippen MR) is 173 cm³/mol. The van der Waals surface area contributed by atoms with E-state index in [2.05, 4.69) is 16.7 Å². The molecule has 1 aliphatic heterocycles. The Labute approximate surface area is 274 Å². The highest BCUT2D eigenvalue weighted by Gasteiger charge is 2.38. The van der Waals surface area contributed by atoms with Crippen LogP contribution in [0, 0.1) is 29.9 Å². The van der Waals surface area contributed by atoms with Crippen molar-refractivity contribution in [2.24, 2.45) is 0 Å². The van der Waals surface area contributed by atoms with Crippen LogP contribution < -0.4 is 10.6 Å². The van der Waals surface area contributed by atoms with E-state index in [1.807, 2.05) is 13.8 Å². The second-order valence-corrected chi connectivity index (χ2v) is 11.9. The van der Waals surface area contributed by atoms with E-state index >= 15 is 0 Å². The lowest BCUT2D eigenvalue weighted by molar-refractivity contribution is -0.140. The van der Waals surface area contributed by atoms with Gasteiger partial charge in [-0.3, -0.25) is 14.4 Å². The van der Waals surface area contributed by atoms with Gasteiger partial charge in [0.2, 0.25) is 5.91 Å². The van der Waals surface area contributed by atoms with Crippen LogP contribution in [0.3, 0.4) is 0 Å². The van der Waals surface area contributed by atoms with Crippen LogP contribution >= 0.6 is 0 Å². The third-order valence-corrected chi connectivity index (χ3v) is 8.06. The first kappa shape index (κ1) is 35.2. The van der Waals surface area contributed by atoms with Crippen LogP contribution in [0.15, 0.2) is 60.7 Å². The van der Waals surface area contributed by atoms with Crippen molar-refractivity contribution in [3.63, 3.8) is 0 Å². The Morgan fingerprint density at radius 1 is 1.04 bits per heavy atom. The second-order valence-electron chi connectivity index (χ2n) is 11.9. The Bertz CT molecular complexity index is 1620. The minimum atomic E-state index is -1.50. The number of benzene rings is 3. The molecule has 1 fully saturated rings. The number of aliphatic hydroxyl groups is 1. The maximum Gasteiger partial charge on any atom is 0.253 e. The van der Waals surface area contributed by atoms with Crippen molar-refractivity contribution in [1.82, 2.24) is 20.4 Å². The molecule has 0 aliphatic carbocycles. The van der Waals surface area contributed by atoms with Crippen molar-refractivity contribution >= 4 is 17.7 Å². The van der Waals surface area contributed by atoms with E-state index in [0.717, 1.165) is 36.6 Å². The predicted octanol–water partition coefficient (Wildman–Crippen LogP) is 4.11. The molecule has 0 aromatic heterocycles. The molecule has 4 rings (SSSR count). The number of carbonyl (C=O) groups excluding carboxylic acids is 3. The van der Waals surface area contributed by atoms with Gasteiger partial charge in [-0.1, -0.05) is 26.0 Å². The third-order valence-electron chi connectivity index (χ3n) is 8.06. The third kappa shape index (κ3) is 9.21. The summed E-state index contributed by atoms with van der Waals surface area (Å²) in [6.07, 6.45) is -0.122. The zero-order valence-electron chi connectivity index (χ0n) is 26.9. The van der Waals surface area contributed by atoms with Gasteiger partial charge in [0.25, 0.3) is 11.8 Å². The fourth-order valence-corrected chi connectivity index (χ4v) is 5.93. The first-order chi connectivity index (χ1) is 22.5. The monoisotopic (exact) mass is 645 g/mol. The van der Waals surface area contributed by atoms with Crippen LogP contribution in [0.25, 0.3) is 0 Å². The van der Waals surface area contributed by atoms with E-state index in [4.69, 9.17) is 0 Å². The summed E-state index contributed by atoms with van der Waals surface area (Å²) in [6, 6.07) is 14.4. The molecule has 3 N–H and O–H groups in total. The normalized spacial score (nSPS) is 15.9. The average Bonchev–Trinajstić information content (AvgIpc) is 3.04. The first-order valence-electron chi connectivity index (χ1n) is 15.9. The van der Waals surface area contributed by atoms with E-state index in [1.54, 1.807) is 53.1 Å². The van der Waals surface area contributed by atoms with Crippen LogP contribution in [0.1, 0.15) is 69.7 Å². The van der Waals surface area contributed by atoms with Crippen molar-refractivity contribution in [2.45, 2.75) is 64.8 Å². The highest BCUT2D eigenvalue weighted by molar-refractivity contribution is 6.00. The van der Waals surface area contributed by atoms with Crippen molar-refractivity contribution in [3.8, 4) is 6.07 Å². The zero-order chi connectivity index (χ0) is 34.1. The number of hydrogen-bond acceptors (Lipinski definition) is 6. The Morgan fingerprint density at radius 2 is 1.72 bits per heavy atom. The second kappa shape index (κ2) is 16.3. The number of nitriles is 1. The van der Waals surface area contributed by atoms with E-state index in [-0.39, 0.29) is 30.0 Å². The molecule has 0 radical (unpaired) electrons. The minimum Gasteiger partial charge on any atom is -0.389 e. The summed E-state index contributed by atoms with van der Waals surface area (Å²) >= 11 is 0. The molecule has 3 amide bonds. The van der Waals surface area contributed by atoms with Gasteiger partial charge in [-0.2, -0.15) is 5.26 Å². The summed E-state index contributed by atoms with van der Waals surface area (Å²) in [5.74, 6) is -2.87. The number of piperazine rings is 1. The van der Waals surface area contributed by atoms with Crippen LogP contribution in [0.4, 0.5) is 8.78 Å². The molecule has 11 heteroatoms. The maximum atomic E-state index is 14.2. The number of carbonyl (C=O) groups is 3. The number of rotatable bonds is 13. The smallest absolute Gasteiger partial charge is 0.253 e. The summed E-state index contributed by atoms with van der Waals surface area (Å²) in [5.41, 5.74) is 2.58. The van der Waals surface area contributed by atoms with Gasteiger partial charge in [-0.05, 0) is 85.3 Å². The van der Waals surface area contributed by atoms with Gasteiger partial charge >= 0.3 is 0 Å². The maximum absolute atomic E-state index is 14.2. The van der Waals surface area contributed by atoms with E-state index < -0.39 is 41.6 Å². The molecule has 47 heavy (non-hydrogen) atoms. The van der Waals surface area contributed by atoms with Crippen molar-refractivity contribution in [1.29, 1.82) is 5.26 Å². The Hall–Kier alpha value is -4.66. The van der Waals surface area contributed by atoms with E-state index in [9.17, 15) is 33.5 Å². The fraction of sp³-hybridized carbons (Fsp3) is 0.389. The van der Waals surface area contributed by atoms with Crippen LogP contribution in [0.5, 0.6) is 0 Å². The van der Waals surface area contributed by atoms with E-state index in [0.29, 0.717) is 42.9 Å². The number of amides is 3. The Morgan fingerprint density at radius 3 is 2.38 bits per heavy atom. The van der Waals surface area contributed by atoms with Crippen molar-refractivity contribution in [2.75, 3.05) is 26.2 Å². The number of nitrogens with one attached hydrogen (secondary N) is 2. The highest BCUT2D eigenvalue weighted by Crippen LogP contribution is 2.19. The van der Waals surface area contributed by atoms with Crippen molar-refractivity contribution in [3.05, 3.63) is 106 Å². The molecule has 3 aromatic rings. The quantitative estimate of drug-likeness (QED) is 0.257. The van der Waals surface area contributed by atoms with Gasteiger partial charge in [0.15, 0.2) is 0 Å². The number of hydrogen-bond donors (Lipinski definition) is 3. The van der Waals surface area contributed by atoms with Gasteiger partial charge < -0.3 is 25.5 Å². The molecular weight excluding hydrogens is 604 g/mol. The SMILES string of the molecule is CCCN(CCC)C(=O)c1cc(C)cc(C(=O)N[C@@H](Cc2cc(F)cc(F)c2)[C@H](O)[C@@H]2NCCN(Cc3cccc(C#N)c3)C2=O)c1. The van der Waals surface area contributed by atoms with Gasteiger partial charge in [-0.25, -0.2) is 8.78 Å². The molecule has 1 aliphatic rings. The summed E-state index contributed by atoms with van der Waals surface area (Å²) in [4.78, 5) is 44.0. The Balaban J connectivity index is 1.61. The molecule has 3 aromatic carbocycles. The molecule has 9 nitrogen and oxygen atoms in total. The molecule has 1 saturated heterocycles. The standard InChI is InChI=1S/C36H41F2N5O4/c1-4-10-42(11-5-2)35(46)28-14-23(3)13-27(19-28)34(45)41-31(18-26-16-29(37)20-30(38)17-26)33(44)32-36(47)43(12-9-40-32)22-25-8-6-7-24(15-25)21-39/h6-8,13-17,19-20,31-33,40,44H,4-5,9-12,18,22H2,1-3H3,(H,41,45)/t31-,32-,33-/m0/s1. The lowest BCUT2D eigenvalue weighted by Crippen LogP contribution is -2.63. The van der Waals surface area contributed by atoms with Gasteiger partial charge in [-0.15, -0.1) is 0 Å². The number of nitrogens with zero attached hydrogens (tertiary/aromatic N) is 3. The fourth-order valence-electron chi connectivity index (χ4n) is 5.93. The molecule has 3 atom stereocenters. The number of halogens is 2. The van der Waals surface area contributed by atoms with Crippen LogP contribution in [-0.2, 0) is 17.8 Å². The summed E-state index contributed by atoms with van der Waals surface area (Å²) in [5, 5.41) is 26.7. The molecule has 0 unspecified atom stereocenters. The molecule has 248 valence electrons. The molecule has 1 heterocycles. The summed E-state index contributed by atoms with van der Waals surface area (Å²) < 4.78 is 28.3. The molecular formula is C36H41F2N5O4. The van der Waals surface area contributed by atoms with Gasteiger partial charge in [0, 0.05) is 49.9 Å². The number of aliphatic hydroxyl groups excluding tert-OH is 1. The topological polar surface area (TPSA) is 126 Å². The highest BCUT2D eigenvalue weighted by atomic mass is 19.1. The zero-order valence-corrected chi connectivity index (χ0v) is 26.9. The average molecular weight is 646 g/mol. The first-order valence-corrected chi connectivity index (χ1v) is 15.9. The lowest BCUT2D eigenvalue weighted by atomic mass is 9.93.